The van der Waals surface area contributed by atoms with Gasteiger partial charge in [0.1, 0.15) is 11.5 Å². The average molecular weight is 242 g/mol. The number of rotatable bonds is 4. The number of pyridine rings is 1. The Kier molecular flexibility index (Phi) is 3.95. The molecule has 0 radical (unpaired) electrons. The van der Waals surface area contributed by atoms with Gasteiger partial charge < -0.3 is 10.1 Å². The highest BCUT2D eigenvalue weighted by molar-refractivity contribution is 5.39. The monoisotopic (exact) mass is 242 g/mol. The highest BCUT2D eigenvalue weighted by atomic mass is 16.5. The minimum absolute atomic E-state index is 0.767. The van der Waals surface area contributed by atoms with Crippen molar-refractivity contribution in [2.24, 2.45) is 0 Å². The minimum atomic E-state index is 0.767. The van der Waals surface area contributed by atoms with E-state index in [1.165, 1.54) is 11.1 Å². The van der Waals surface area contributed by atoms with Crippen LogP contribution in [-0.4, -0.2) is 12.0 Å². The van der Waals surface area contributed by atoms with Crippen LogP contribution in [0, 0.1) is 13.8 Å². The van der Waals surface area contributed by atoms with Gasteiger partial charge in [0.05, 0.1) is 6.20 Å². The molecule has 3 nitrogen and oxygen atoms in total. The first-order valence-electron chi connectivity index (χ1n) is 6.02. The number of hydrogen-bond donors (Lipinski definition) is 1. The molecule has 0 atom stereocenters. The van der Waals surface area contributed by atoms with Gasteiger partial charge in [-0.05, 0) is 50.2 Å². The Morgan fingerprint density at radius 1 is 1.17 bits per heavy atom. The lowest BCUT2D eigenvalue weighted by atomic mass is 10.1. The smallest absolute Gasteiger partial charge is 0.150 e. The highest BCUT2D eigenvalue weighted by Crippen LogP contribution is 2.26. The first-order chi connectivity index (χ1) is 8.69. The van der Waals surface area contributed by atoms with Crippen LogP contribution >= 0.6 is 0 Å². The van der Waals surface area contributed by atoms with E-state index in [1.807, 2.05) is 25.2 Å². The van der Waals surface area contributed by atoms with E-state index >= 15 is 0 Å². The van der Waals surface area contributed by atoms with Gasteiger partial charge in [0, 0.05) is 18.3 Å². The lowest BCUT2D eigenvalue weighted by Crippen LogP contribution is -2.06. The normalized spacial score (nSPS) is 10.4. The molecule has 1 aromatic heterocycles. The van der Waals surface area contributed by atoms with Crippen molar-refractivity contribution in [3.05, 3.63) is 53.3 Å². The molecular weight excluding hydrogens is 224 g/mol. The second kappa shape index (κ2) is 5.65. The Balaban J connectivity index is 2.27. The maximum atomic E-state index is 5.92. The summed E-state index contributed by atoms with van der Waals surface area (Å²) in [6, 6.07) is 8.16. The fourth-order valence-corrected chi connectivity index (χ4v) is 1.96. The van der Waals surface area contributed by atoms with Gasteiger partial charge in [0.2, 0.25) is 0 Å². The summed E-state index contributed by atoms with van der Waals surface area (Å²) < 4.78 is 5.92. The quantitative estimate of drug-likeness (QED) is 0.894. The Morgan fingerprint density at radius 3 is 2.56 bits per heavy atom. The number of hydrogen-bond acceptors (Lipinski definition) is 3. The first-order valence-corrected chi connectivity index (χ1v) is 6.02. The molecule has 2 aromatic rings. The van der Waals surface area contributed by atoms with Gasteiger partial charge in [0.25, 0.3) is 0 Å². The molecule has 18 heavy (non-hydrogen) atoms. The molecule has 0 aliphatic carbocycles. The van der Waals surface area contributed by atoms with Crippen molar-refractivity contribution in [3.63, 3.8) is 0 Å². The van der Waals surface area contributed by atoms with E-state index in [0.717, 1.165) is 23.6 Å². The molecule has 3 heteroatoms. The molecule has 0 aliphatic rings. The number of nitrogens with zero attached hydrogens (tertiary/aromatic N) is 1. The molecule has 0 bridgehead atoms. The van der Waals surface area contributed by atoms with Crippen molar-refractivity contribution in [3.8, 4) is 11.5 Å². The van der Waals surface area contributed by atoms with Crippen molar-refractivity contribution >= 4 is 0 Å². The van der Waals surface area contributed by atoms with Crippen LogP contribution in [0.2, 0.25) is 0 Å². The molecule has 1 N–H and O–H groups in total. The molecule has 0 fully saturated rings. The van der Waals surface area contributed by atoms with Crippen molar-refractivity contribution in [1.82, 2.24) is 10.3 Å². The van der Waals surface area contributed by atoms with Crippen LogP contribution in [0.1, 0.15) is 16.7 Å². The summed E-state index contributed by atoms with van der Waals surface area (Å²) in [5.41, 5.74) is 3.50. The van der Waals surface area contributed by atoms with Gasteiger partial charge >= 0.3 is 0 Å². The maximum absolute atomic E-state index is 5.92. The number of nitrogens with one attached hydrogen (secondary N) is 1. The molecule has 1 heterocycles. The predicted octanol–water partition coefficient (Wildman–Crippen LogP) is 3.21. The van der Waals surface area contributed by atoms with Crippen molar-refractivity contribution in [2.45, 2.75) is 20.4 Å². The van der Waals surface area contributed by atoms with Gasteiger partial charge in [0.15, 0.2) is 0 Å². The fourth-order valence-electron chi connectivity index (χ4n) is 1.96. The second-order valence-corrected chi connectivity index (χ2v) is 4.44. The lowest BCUT2D eigenvalue weighted by Gasteiger charge is -2.11. The van der Waals surface area contributed by atoms with E-state index in [-0.39, 0.29) is 0 Å². The van der Waals surface area contributed by atoms with Crippen LogP contribution < -0.4 is 10.1 Å². The third-order valence-corrected chi connectivity index (χ3v) is 2.66. The molecule has 1 aromatic carbocycles. The molecule has 0 aliphatic heterocycles. The van der Waals surface area contributed by atoms with Gasteiger partial charge in [-0.2, -0.15) is 0 Å². The standard InChI is InChI=1S/C15H18N2O/c1-11-6-12(2)8-14(7-11)18-15-10-17-5-4-13(15)9-16-3/h4-8,10,16H,9H2,1-3H3. The van der Waals surface area contributed by atoms with Gasteiger partial charge in [-0.3, -0.25) is 4.98 Å². The molecule has 0 unspecified atom stereocenters. The van der Waals surface area contributed by atoms with E-state index in [0.29, 0.717) is 0 Å². The number of aromatic nitrogens is 1. The van der Waals surface area contributed by atoms with Crippen LogP contribution in [0.15, 0.2) is 36.7 Å². The van der Waals surface area contributed by atoms with Crippen molar-refractivity contribution < 1.29 is 4.74 Å². The van der Waals surface area contributed by atoms with Crippen LogP contribution in [0.4, 0.5) is 0 Å². The van der Waals surface area contributed by atoms with E-state index in [4.69, 9.17) is 4.74 Å². The van der Waals surface area contributed by atoms with Crippen LogP contribution in [0.3, 0.4) is 0 Å². The molecule has 0 saturated carbocycles. The van der Waals surface area contributed by atoms with E-state index in [9.17, 15) is 0 Å². The summed E-state index contributed by atoms with van der Waals surface area (Å²) in [5, 5.41) is 3.13. The van der Waals surface area contributed by atoms with Crippen LogP contribution in [0.5, 0.6) is 11.5 Å². The second-order valence-electron chi connectivity index (χ2n) is 4.44. The summed E-state index contributed by atoms with van der Waals surface area (Å²) in [7, 11) is 1.92. The first kappa shape index (κ1) is 12.6. The summed E-state index contributed by atoms with van der Waals surface area (Å²) in [5.74, 6) is 1.66. The lowest BCUT2D eigenvalue weighted by molar-refractivity contribution is 0.471. The Labute approximate surface area is 108 Å². The zero-order chi connectivity index (χ0) is 13.0. The van der Waals surface area contributed by atoms with Crippen LogP contribution in [-0.2, 0) is 6.54 Å². The van der Waals surface area contributed by atoms with Gasteiger partial charge in [-0.25, -0.2) is 0 Å². The SMILES string of the molecule is CNCc1ccncc1Oc1cc(C)cc(C)c1. The van der Waals surface area contributed by atoms with Crippen molar-refractivity contribution in [2.75, 3.05) is 7.05 Å². The topological polar surface area (TPSA) is 34.2 Å². The highest BCUT2D eigenvalue weighted by Gasteiger charge is 2.05. The predicted molar refractivity (Wildman–Crippen MR) is 73.0 cm³/mol. The van der Waals surface area contributed by atoms with Gasteiger partial charge in [-0.1, -0.05) is 6.07 Å². The summed E-state index contributed by atoms with van der Waals surface area (Å²) in [6.07, 6.45) is 3.53. The Hall–Kier alpha value is -1.87. The molecule has 0 spiro atoms. The summed E-state index contributed by atoms with van der Waals surface area (Å²) >= 11 is 0. The number of ether oxygens (including phenoxy) is 1. The number of aryl methyl sites for hydroxylation is 2. The molecular formula is C15H18N2O. The van der Waals surface area contributed by atoms with Gasteiger partial charge in [-0.15, -0.1) is 0 Å². The molecule has 2 rings (SSSR count). The Morgan fingerprint density at radius 2 is 1.89 bits per heavy atom. The Bertz CT molecular complexity index is 518. The maximum Gasteiger partial charge on any atom is 0.150 e. The molecule has 94 valence electrons. The summed E-state index contributed by atoms with van der Waals surface area (Å²) in [6.45, 7) is 4.90. The molecule has 0 saturated heterocycles. The van der Waals surface area contributed by atoms with E-state index < -0.39 is 0 Å². The fraction of sp³-hybridized carbons (Fsp3) is 0.267. The third kappa shape index (κ3) is 3.08. The van der Waals surface area contributed by atoms with Crippen molar-refractivity contribution in [1.29, 1.82) is 0 Å². The average Bonchev–Trinajstić information content (AvgIpc) is 2.30. The zero-order valence-electron chi connectivity index (χ0n) is 11.0. The van der Waals surface area contributed by atoms with Crippen LogP contribution in [0.25, 0.3) is 0 Å². The molecule has 0 amide bonds. The summed E-state index contributed by atoms with van der Waals surface area (Å²) in [4.78, 5) is 4.12. The van der Waals surface area contributed by atoms with E-state index in [2.05, 4.69) is 30.2 Å². The number of benzene rings is 1. The zero-order valence-corrected chi connectivity index (χ0v) is 11.0. The minimum Gasteiger partial charge on any atom is -0.455 e. The third-order valence-electron chi connectivity index (χ3n) is 2.66. The largest absolute Gasteiger partial charge is 0.455 e. The van der Waals surface area contributed by atoms with E-state index in [1.54, 1.807) is 12.4 Å².